The van der Waals surface area contributed by atoms with Gasteiger partial charge in [0.2, 0.25) is 0 Å². The van der Waals surface area contributed by atoms with Crippen LogP contribution in [0, 0.1) is 5.41 Å². The van der Waals surface area contributed by atoms with Gasteiger partial charge in [-0.2, -0.15) is 0 Å². The van der Waals surface area contributed by atoms with Gasteiger partial charge in [0.05, 0.1) is 0 Å². The molecule has 1 aromatic rings. The summed E-state index contributed by atoms with van der Waals surface area (Å²) in [4.78, 5) is 33.2. The molecule has 0 aromatic carbocycles. The molecular formula is C14H20N4O2S. The third-order valence-corrected chi connectivity index (χ3v) is 5.07. The number of aromatic nitrogens is 2. The van der Waals surface area contributed by atoms with Crippen molar-refractivity contribution in [3.05, 3.63) is 22.1 Å². The fraction of sp³-hybridized carbons (Fsp3) is 0.643. The quantitative estimate of drug-likeness (QED) is 0.621. The normalized spacial score (nSPS) is 25.5. The highest BCUT2D eigenvalue weighted by molar-refractivity contribution is 7.98. The van der Waals surface area contributed by atoms with Crippen LogP contribution in [-0.4, -0.2) is 53.2 Å². The molecule has 1 atom stereocenters. The molecule has 7 heteroatoms. The van der Waals surface area contributed by atoms with Crippen molar-refractivity contribution >= 4 is 17.7 Å². The van der Waals surface area contributed by atoms with Crippen molar-refractivity contribution in [2.45, 2.75) is 24.4 Å². The number of nitrogens with zero attached hydrogens (tertiary/aromatic N) is 2. The van der Waals surface area contributed by atoms with E-state index in [0.717, 1.165) is 45.4 Å². The van der Waals surface area contributed by atoms with Crippen LogP contribution in [0.25, 0.3) is 0 Å². The Hall–Kier alpha value is -1.34. The van der Waals surface area contributed by atoms with Crippen molar-refractivity contribution < 1.29 is 4.79 Å². The smallest absolute Gasteiger partial charge is 0.264 e. The van der Waals surface area contributed by atoms with E-state index in [9.17, 15) is 9.59 Å². The minimum atomic E-state index is -0.344. The Kier molecular flexibility index (Phi) is 4.03. The molecule has 2 N–H and O–H groups in total. The van der Waals surface area contributed by atoms with Gasteiger partial charge in [0, 0.05) is 31.2 Å². The standard InChI is InChI=1S/C14H20N4O2S/c1-21-13-16-7-10(11(19)17-13)12(20)18-6-2-3-14(9-18)4-5-15-8-14/h7,15H,2-6,8-9H2,1H3,(H,16,17,19). The zero-order chi connectivity index (χ0) is 14.9. The number of thioether (sulfide) groups is 1. The summed E-state index contributed by atoms with van der Waals surface area (Å²) in [5.41, 5.74) is 0.00663. The number of amides is 1. The first kappa shape index (κ1) is 14.6. The maximum absolute atomic E-state index is 12.6. The highest BCUT2D eigenvalue weighted by Crippen LogP contribution is 2.35. The molecule has 1 spiro atoms. The van der Waals surface area contributed by atoms with Gasteiger partial charge in [-0.25, -0.2) is 4.98 Å². The molecular weight excluding hydrogens is 288 g/mol. The van der Waals surface area contributed by atoms with Crippen molar-refractivity contribution in [2.75, 3.05) is 32.4 Å². The minimum absolute atomic E-state index is 0.149. The molecule has 2 fully saturated rings. The Morgan fingerprint density at radius 3 is 3.00 bits per heavy atom. The van der Waals surface area contributed by atoms with E-state index in [2.05, 4.69) is 15.3 Å². The number of piperidine rings is 1. The number of hydrogen-bond donors (Lipinski definition) is 2. The van der Waals surface area contributed by atoms with Crippen LogP contribution in [0.15, 0.2) is 16.1 Å². The SMILES string of the molecule is CSc1ncc(C(=O)N2CCCC3(CCNC3)C2)c(=O)[nH]1. The number of rotatable bonds is 2. The van der Waals surface area contributed by atoms with Gasteiger partial charge in [-0.15, -0.1) is 0 Å². The first-order valence-electron chi connectivity index (χ1n) is 7.27. The summed E-state index contributed by atoms with van der Waals surface area (Å²) in [7, 11) is 0. The molecule has 3 heterocycles. The minimum Gasteiger partial charge on any atom is -0.338 e. The summed E-state index contributed by atoms with van der Waals surface area (Å²) in [5.74, 6) is -0.192. The summed E-state index contributed by atoms with van der Waals surface area (Å²) in [6.45, 7) is 3.45. The molecule has 3 rings (SSSR count). The summed E-state index contributed by atoms with van der Waals surface area (Å²) in [6, 6.07) is 0. The first-order chi connectivity index (χ1) is 10.1. The van der Waals surface area contributed by atoms with Crippen molar-refractivity contribution in [1.29, 1.82) is 0 Å². The van der Waals surface area contributed by atoms with E-state index in [0.29, 0.717) is 5.16 Å². The zero-order valence-electron chi connectivity index (χ0n) is 12.1. The fourth-order valence-corrected chi connectivity index (χ4v) is 3.68. The second kappa shape index (κ2) is 5.81. The van der Waals surface area contributed by atoms with E-state index < -0.39 is 0 Å². The lowest BCUT2D eigenvalue weighted by molar-refractivity contribution is 0.0551. The number of H-pyrrole nitrogens is 1. The molecule has 0 bridgehead atoms. The molecule has 2 saturated heterocycles. The van der Waals surface area contributed by atoms with E-state index in [1.807, 2.05) is 11.2 Å². The third kappa shape index (κ3) is 2.85. The van der Waals surface area contributed by atoms with E-state index in [-0.39, 0.29) is 22.4 Å². The Balaban J connectivity index is 1.80. The van der Waals surface area contributed by atoms with Gasteiger partial charge in [-0.1, -0.05) is 11.8 Å². The molecule has 0 saturated carbocycles. The second-order valence-electron chi connectivity index (χ2n) is 5.89. The third-order valence-electron chi connectivity index (χ3n) is 4.48. The van der Waals surface area contributed by atoms with Crippen LogP contribution in [-0.2, 0) is 0 Å². The van der Waals surface area contributed by atoms with E-state index in [1.165, 1.54) is 18.0 Å². The van der Waals surface area contributed by atoms with Gasteiger partial charge in [0.15, 0.2) is 5.16 Å². The number of carbonyl (C=O) groups is 1. The Bertz CT molecular complexity index is 595. The van der Waals surface area contributed by atoms with Crippen molar-refractivity contribution in [3.8, 4) is 0 Å². The van der Waals surface area contributed by atoms with Crippen LogP contribution in [0.5, 0.6) is 0 Å². The topological polar surface area (TPSA) is 78.1 Å². The lowest BCUT2D eigenvalue weighted by Crippen LogP contribution is -2.48. The maximum atomic E-state index is 12.6. The van der Waals surface area contributed by atoms with Crippen molar-refractivity contribution in [2.24, 2.45) is 5.41 Å². The van der Waals surface area contributed by atoms with Crippen molar-refractivity contribution in [3.63, 3.8) is 0 Å². The van der Waals surface area contributed by atoms with Crippen LogP contribution in [0.4, 0.5) is 0 Å². The number of nitrogens with one attached hydrogen (secondary N) is 2. The summed E-state index contributed by atoms with van der Waals surface area (Å²) in [6.07, 6.45) is 6.50. The monoisotopic (exact) mass is 308 g/mol. The molecule has 2 aliphatic rings. The van der Waals surface area contributed by atoms with Crippen LogP contribution in [0.1, 0.15) is 29.6 Å². The van der Waals surface area contributed by atoms with Gasteiger partial charge in [-0.05, 0) is 32.1 Å². The van der Waals surface area contributed by atoms with Crippen LogP contribution in [0.3, 0.4) is 0 Å². The van der Waals surface area contributed by atoms with Gasteiger partial charge < -0.3 is 15.2 Å². The van der Waals surface area contributed by atoms with Crippen LogP contribution < -0.4 is 10.9 Å². The number of likely N-dealkylation sites (tertiary alicyclic amines) is 1. The van der Waals surface area contributed by atoms with Crippen molar-refractivity contribution in [1.82, 2.24) is 20.2 Å². The van der Waals surface area contributed by atoms with Gasteiger partial charge in [-0.3, -0.25) is 9.59 Å². The largest absolute Gasteiger partial charge is 0.338 e. The lowest BCUT2D eigenvalue weighted by atomic mass is 9.79. The highest BCUT2D eigenvalue weighted by atomic mass is 32.2. The van der Waals surface area contributed by atoms with Crippen LogP contribution in [0.2, 0.25) is 0 Å². The fourth-order valence-electron chi connectivity index (χ4n) is 3.33. The highest BCUT2D eigenvalue weighted by Gasteiger charge is 2.39. The maximum Gasteiger partial charge on any atom is 0.264 e. The zero-order valence-corrected chi connectivity index (χ0v) is 13.0. The summed E-state index contributed by atoms with van der Waals surface area (Å²) < 4.78 is 0. The average Bonchev–Trinajstić information content (AvgIpc) is 2.94. The molecule has 1 amide bonds. The Labute approximate surface area is 127 Å². The van der Waals surface area contributed by atoms with E-state index >= 15 is 0 Å². The molecule has 2 aliphatic heterocycles. The number of carbonyl (C=O) groups excluding carboxylic acids is 1. The predicted molar refractivity (Wildman–Crippen MR) is 81.7 cm³/mol. The first-order valence-corrected chi connectivity index (χ1v) is 8.49. The van der Waals surface area contributed by atoms with Gasteiger partial charge >= 0.3 is 0 Å². The van der Waals surface area contributed by atoms with Gasteiger partial charge in [0.1, 0.15) is 5.56 Å². The molecule has 1 unspecified atom stereocenters. The average molecular weight is 308 g/mol. The predicted octanol–water partition coefficient (Wildman–Crippen LogP) is 0.707. The van der Waals surface area contributed by atoms with Gasteiger partial charge in [0.25, 0.3) is 11.5 Å². The van der Waals surface area contributed by atoms with Crippen LogP contribution >= 0.6 is 11.8 Å². The molecule has 0 aliphatic carbocycles. The second-order valence-corrected chi connectivity index (χ2v) is 6.69. The molecule has 21 heavy (non-hydrogen) atoms. The molecule has 1 aromatic heterocycles. The molecule has 0 radical (unpaired) electrons. The Morgan fingerprint density at radius 1 is 1.48 bits per heavy atom. The van der Waals surface area contributed by atoms with E-state index in [1.54, 1.807) is 0 Å². The lowest BCUT2D eigenvalue weighted by Gasteiger charge is -2.39. The molecule has 114 valence electrons. The number of aromatic amines is 1. The summed E-state index contributed by atoms with van der Waals surface area (Å²) >= 11 is 1.35. The summed E-state index contributed by atoms with van der Waals surface area (Å²) in [5, 5.41) is 3.92. The molecule has 6 nitrogen and oxygen atoms in total. The number of hydrogen-bond acceptors (Lipinski definition) is 5. The van der Waals surface area contributed by atoms with E-state index in [4.69, 9.17) is 0 Å². The Morgan fingerprint density at radius 2 is 2.33 bits per heavy atom.